The largest absolute Gasteiger partial charge is 0.391 e. The second-order valence-corrected chi connectivity index (χ2v) is 4.18. The number of benzene rings is 2. The van der Waals surface area contributed by atoms with Crippen molar-refractivity contribution in [3.05, 3.63) is 70.8 Å². The summed E-state index contributed by atoms with van der Waals surface area (Å²) >= 11 is 0. The Morgan fingerprint density at radius 3 is 2.38 bits per heavy atom. The monoisotopic (exact) mass is 297 g/mol. The highest BCUT2D eigenvalue weighted by Gasteiger charge is 2.08. The maximum atomic E-state index is 13.3. The van der Waals surface area contributed by atoms with Crippen LogP contribution in [-0.4, -0.2) is 6.21 Å². The summed E-state index contributed by atoms with van der Waals surface area (Å²) in [4.78, 5) is 4.79. The molecular weight excluding hydrogens is 286 g/mol. The predicted octanol–water partition coefficient (Wildman–Crippen LogP) is 4.45. The van der Waals surface area contributed by atoms with Gasteiger partial charge in [-0.25, -0.2) is 17.6 Å². The molecule has 0 aliphatic carbocycles. The molecule has 0 N–H and O–H groups in total. The van der Waals surface area contributed by atoms with Crippen LogP contribution in [0.15, 0.2) is 47.6 Å². The van der Waals surface area contributed by atoms with Crippen LogP contribution in [0.25, 0.3) is 0 Å². The van der Waals surface area contributed by atoms with Gasteiger partial charge in [-0.15, -0.1) is 0 Å². The Balaban J connectivity index is 1.98. The maximum Gasteiger partial charge on any atom is 0.263 e. The fourth-order valence-corrected chi connectivity index (χ4v) is 1.65. The fraction of sp³-hybridized carbons (Fsp3) is 0.133. The number of halogens is 4. The summed E-state index contributed by atoms with van der Waals surface area (Å²) in [7, 11) is 0. The summed E-state index contributed by atoms with van der Waals surface area (Å²) in [6, 6.07) is 9.02. The van der Waals surface area contributed by atoms with E-state index in [1.807, 2.05) is 0 Å². The molecule has 0 bridgehead atoms. The molecule has 0 fully saturated rings. The van der Waals surface area contributed by atoms with Crippen molar-refractivity contribution in [3.63, 3.8) is 0 Å². The number of rotatable bonds is 5. The van der Waals surface area contributed by atoms with Gasteiger partial charge in [0, 0.05) is 5.56 Å². The number of nitrogens with zero attached hydrogens (tertiary/aromatic N) is 1. The summed E-state index contributed by atoms with van der Waals surface area (Å²) in [5.74, 6) is -1.46. The van der Waals surface area contributed by atoms with Crippen molar-refractivity contribution in [2.24, 2.45) is 5.16 Å². The van der Waals surface area contributed by atoms with Gasteiger partial charge in [-0.2, -0.15) is 0 Å². The Hall–Kier alpha value is -2.37. The van der Waals surface area contributed by atoms with E-state index in [4.69, 9.17) is 4.84 Å². The normalized spacial score (nSPS) is 11.3. The van der Waals surface area contributed by atoms with Crippen LogP contribution in [0.1, 0.15) is 23.1 Å². The van der Waals surface area contributed by atoms with Gasteiger partial charge in [0.25, 0.3) is 6.43 Å². The highest BCUT2D eigenvalue weighted by Crippen LogP contribution is 2.19. The molecule has 110 valence electrons. The first-order valence-electron chi connectivity index (χ1n) is 6.04. The van der Waals surface area contributed by atoms with E-state index in [9.17, 15) is 17.6 Å². The van der Waals surface area contributed by atoms with Gasteiger partial charge in [-0.05, 0) is 23.8 Å². The Bertz CT molecular complexity index is 623. The van der Waals surface area contributed by atoms with E-state index in [0.717, 1.165) is 12.1 Å². The topological polar surface area (TPSA) is 21.6 Å². The molecule has 0 unspecified atom stereocenters. The van der Waals surface area contributed by atoms with Gasteiger partial charge in [-0.3, -0.25) is 0 Å². The lowest BCUT2D eigenvalue weighted by Crippen LogP contribution is -1.97. The lowest BCUT2D eigenvalue weighted by molar-refractivity contribution is 0.126. The van der Waals surface area contributed by atoms with Gasteiger partial charge in [-0.1, -0.05) is 29.4 Å². The molecule has 21 heavy (non-hydrogen) atoms. The number of oxime groups is 1. The van der Waals surface area contributed by atoms with Crippen LogP contribution in [0.2, 0.25) is 0 Å². The minimum Gasteiger partial charge on any atom is -0.391 e. The maximum absolute atomic E-state index is 13.3. The summed E-state index contributed by atoms with van der Waals surface area (Å²) in [5, 5.41) is 3.52. The van der Waals surface area contributed by atoms with Gasteiger partial charge in [0.1, 0.15) is 18.2 Å². The van der Waals surface area contributed by atoms with Gasteiger partial charge in [0.15, 0.2) is 0 Å². The van der Waals surface area contributed by atoms with Gasteiger partial charge in [0.2, 0.25) is 0 Å². The van der Waals surface area contributed by atoms with Crippen molar-refractivity contribution in [3.8, 4) is 0 Å². The van der Waals surface area contributed by atoms with Gasteiger partial charge >= 0.3 is 0 Å². The number of hydrogen-bond donors (Lipinski definition) is 0. The Morgan fingerprint density at radius 1 is 1.05 bits per heavy atom. The molecule has 0 saturated carbocycles. The third-order valence-corrected chi connectivity index (χ3v) is 2.71. The molecule has 0 amide bonds. The third-order valence-electron chi connectivity index (χ3n) is 2.71. The zero-order valence-electron chi connectivity index (χ0n) is 10.8. The SMILES string of the molecule is Fc1cccc(F)c1CON=Cc1cccc(C(F)F)c1. The third kappa shape index (κ3) is 4.05. The van der Waals surface area contributed by atoms with Crippen molar-refractivity contribution in [2.45, 2.75) is 13.0 Å². The van der Waals surface area contributed by atoms with Crippen molar-refractivity contribution >= 4 is 6.21 Å². The van der Waals surface area contributed by atoms with E-state index < -0.39 is 18.1 Å². The molecule has 2 aromatic carbocycles. The van der Waals surface area contributed by atoms with E-state index in [2.05, 4.69) is 5.16 Å². The van der Waals surface area contributed by atoms with E-state index in [-0.39, 0.29) is 17.7 Å². The van der Waals surface area contributed by atoms with Crippen LogP contribution in [0.5, 0.6) is 0 Å². The fourth-order valence-electron chi connectivity index (χ4n) is 1.65. The molecule has 2 rings (SSSR count). The van der Waals surface area contributed by atoms with Crippen LogP contribution >= 0.6 is 0 Å². The standard InChI is InChI=1S/C15H11F4NO/c16-13-5-2-6-14(17)12(13)9-21-20-8-10-3-1-4-11(7-10)15(18)19/h1-8,15H,9H2. The summed E-state index contributed by atoms with van der Waals surface area (Å²) in [5.41, 5.74) is 0.0249. The van der Waals surface area contributed by atoms with Gasteiger partial charge < -0.3 is 4.84 Å². The zero-order chi connectivity index (χ0) is 15.2. The van der Waals surface area contributed by atoms with Crippen molar-refractivity contribution < 1.29 is 22.4 Å². The van der Waals surface area contributed by atoms with Crippen LogP contribution in [-0.2, 0) is 11.4 Å². The smallest absolute Gasteiger partial charge is 0.263 e. The van der Waals surface area contributed by atoms with Crippen molar-refractivity contribution in [1.29, 1.82) is 0 Å². The first-order valence-corrected chi connectivity index (χ1v) is 6.04. The molecule has 0 radical (unpaired) electrons. The predicted molar refractivity (Wildman–Crippen MR) is 70.1 cm³/mol. The van der Waals surface area contributed by atoms with E-state index in [1.54, 1.807) is 6.07 Å². The van der Waals surface area contributed by atoms with E-state index in [1.165, 1.54) is 30.5 Å². The first-order chi connectivity index (χ1) is 10.1. The minimum atomic E-state index is -2.58. The molecule has 0 aromatic heterocycles. The quantitative estimate of drug-likeness (QED) is 0.454. The molecule has 0 aliphatic heterocycles. The van der Waals surface area contributed by atoms with Gasteiger partial charge in [0.05, 0.1) is 11.8 Å². The molecule has 0 heterocycles. The Labute approximate surface area is 118 Å². The van der Waals surface area contributed by atoms with Crippen molar-refractivity contribution in [1.82, 2.24) is 0 Å². The Morgan fingerprint density at radius 2 is 1.71 bits per heavy atom. The van der Waals surface area contributed by atoms with Crippen LogP contribution in [0.4, 0.5) is 17.6 Å². The lowest BCUT2D eigenvalue weighted by Gasteiger charge is -2.03. The number of hydrogen-bond acceptors (Lipinski definition) is 2. The molecule has 6 heteroatoms. The summed E-state index contributed by atoms with van der Waals surface area (Å²) < 4.78 is 51.5. The average molecular weight is 297 g/mol. The van der Waals surface area contributed by atoms with E-state index in [0.29, 0.717) is 5.56 Å². The Kier molecular flexibility index (Phi) is 4.92. The van der Waals surface area contributed by atoms with Crippen LogP contribution in [0.3, 0.4) is 0 Å². The zero-order valence-corrected chi connectivity index (χ0v) is 10.8. The summed E-state index contributed by atoms with van der Waals surface area (Å²) in [6.45, 7) is -0.385. The molecule has 0 saturated heterocycles. The van der Waals surface area contributed by atoms with Crippen LogP contribution in [0, 0.1) is 11.6 Å². The second kappa shape index (κ2) is 6.88. The minimum absolute atomic E-state index is 0.140. The molecule has 0 spiro atoms. The molecular formula is C15H11F4NO. The highest BCUT2D eigenvalue weighted by molar-refractivity contribution is 5.79. The second-order valence-electron chi connectivity index (χ2n) is 4.18. The molecule has 2 aromatic rings. The molecule has 0 atom stereocenters. The molecule has 0 aliphatic rings. The average Bonchev–Trinajstić information content (AvgIpc) is 2.46. The highest BCUT2D eigenvalue weighted by atomic mass is 19.3. The number of alkyl halides is 2. The summed E-state index contributed by atoms with van der Waals surface area (Å²) in [6.07, 6.45) is -1.38. The van der Waals surface area contributed by atoms with E-state index >= 15 is 0 Å². The van der Waals surface area contributed by atoms with Crippen LogP contribution < -0.4 is 0 Å². The first kappa shape index (κ1) is 15.0. The van der Waals surface area contributed by atoms with Crippen molar-refractivity contribution in [2.75, 3.05) is 0 Å². The lowest BCUT2D eigenvalue weighted by atomic mass is 10.1. The molecule has 2 nitrogen and oxygen atoms in total.